The third-order valence-corrected chi connectivity index (χ3v) is 2.83. The molecule has 0 aliphatic carbocycles. The van der Waals surface area contributed by atoms with Crippen molar-refractivity contribution < 1.29 is 48.9 Å². The molecule has 0 radical (unpaired) electrons. The molecule has 0 aromatic heterocycles. The number of hydrogen-bond donors (Lipinski definition) is 3. The second-order valence-electron chi connectivity index (χ2n) is 5.11. The SMILES string of the molecule is CC(OOOC=NCNC(=O)O)C(=O)OCCCCCC(=O)OCCCO. The Labute approximate surface area is 156 Å². The third kappa shape index (κ3) is 16.8. The number of unbranched alkanes of at least 4 members (excludes halogenated alkanes) is 2. The number of amides is 1. The summed E-state index contributed by atoms with van der Waals surface area (Å²) in [4.78, 5) is 45.4. The van der Waals surface area contributed by atoms with E-state index in [0.717, 1.165) is 6.40 Å². The van der Waals surface area contributed by atoms with Crippen LogP contribution >= 0.6 is 0 Å². The smallest absolute Gasteiger partial charge is 0.406 e. The first-order chi connectivity index (χ1) is 13.0. The van der Waals surface area contributed by atoms with E-state index in [0.29, 0.717) is 25.7 Å². The number of carbonyl (C=O) groups is 3. The summed E-state index contributed by atoms with van der Waals surface area (Å²) in [5.74, 6) is -0.978. The largest absolute Gasteiger partial charge is 0.466 e. The molecule has 0 aromatic carbocycles. The lowest BCUT2D eigenvalue weighted by Gasteiger charge is -2.10. The maximum atomic E-state index is 11.6. The maximum Gasteiger partial charge on any atom is 0.406 e. The van der Waals surface area contributed by atoms with E-state index in [4.69, 9.17) is 19.7 Å². The summed E-state index contributed by atoms with van der Waals surface area (Å²) in [5.41, 5.74) is 0. The molecule has 12 nitrogen and oxygen atoms in total. The van der Waals surface area contributed by atoms with E-state index < -0.39 is 18.2 Å². The van der Waals surface area contributed by atoms with Crippen LogP contribution in [0.3, 0.4) is 0 Å². The first kappa shape index (κ1) is 24.6. The summed E-state index contributed by atoms with van der Waals surface area (Å²) < 4.78 is 9.83. The molecule has 0 rings (SSSR count). The van der Waals surface area contributed by atoms with Crippen LogP contribution in [-0.4, -0.2) is 67.2 Å². The van der Waals surface area contributed by atoms with E-state index in [-0.39, 0.29) is 38.9 Å². The predicted molar refractivity (Wildman–Crippen MR) is 89.3 cm³/mol. The number of carbonyl (C=O) groups excluding carboxylic acids is 2. The molecule has 0 aliphatic heterocycles. The Balaban J connectivity index is 3.55. The molecule has 1 amide bonds. The van der Waals surface area contributed by atoms with Gasteiger partial charge in [-0.15, -0.1) is 0 Å². The molecule has 156 valence electrons. The first-order valence-corrected chi connectivity index (χ1v) is 8.34. The van der Waals surface area contributed by atoms with Gasteiger partial charge in [0.2, 0.25) is 6.40 Å². The van der Waals surface area contributed by atoms with Crippen LogP contribution in [0.4, 0.5) is 4.79 Å². The molecule has 3 N–H and O–H groups in total. The van der Waals surface area contributed by atoms with E-state index in [2.05, 4.69) is 19.8 Å². The van der Waals surface area contributed by atoms with Gasteiger partial charge in [-0.3, -0.25) is 9.68 Å². The lowest BCUT2D eigenvalue weighted by atomic mass is 10.2. The van der Waals surface area contributed by atoms with Crippen LogP contribution in [0.25, 0.3) is 0 Å². The van der Waals surface area contributed by atoms with Crippen molar-refractivity contribution in [2.24, 2.45) is 4.99 Å². The van der Waals surface area contributed by atoms with Gasteiger partial charge in [-0.2, -0.15) is 4.89 Å². The minimum atomic E-state index is -1.24. The van der Waals surface area contributed by atoms with Crippen LogP contribution in [0.2, 0.25) is 0 Å². The van der Waals surface area contributed by atoms with Crippen molar-refractivity contribution in [1.82, 2.24) is 5.32 Å². The van der Waals surface area contributed by atoms with Gasteiger partial charge in [0.15, 0.2) is 6.10 Å². The van der Waals surface area contributed by atoms with Crippen LogP contribution in [-0.2, 0) is 33.9 Å². The summed E-state index contributed by atoms with van der Waals surface area (Å²) in [7, 11) is 0. The maximum absolute atomic E-state index is 11.6. The van der Waals surface area contributed by atoms with Crippen molar-refractivity contribution in [3.05, 3.63) is 0 Å². The molecule has 0 aromatic rings. The van der Waals surface area contributed by atoms with Crippen LogP contribution < -0.4 is 5.32 Å². The summed E-state index contributed by atoms with van der Waals surface area (Å²) in [6, 6.07) is 0. The van der Waals surface area contributed by atoms with Crippen LogP contribution in [0.1, 0.15) is 39.0 Å². The second-order valence-corrected chi connectivity index (χ2v) is 5.11. The molecule has 0 saturated carbocycles. The highest BCUT2D eigenvalue weighted by Crippen LogP contribution is 2.03. The lowest BCUT2D eigenvalue weighted by molar-refractivity contribution is -0.483. The Morgan fingerprint density at radius 2 is 1.85 bits per heavy atom. The van der Waals surface area contributed by atoms with E-state index in [9.17, 15) is 14.4 Å². The van der Waals surface area contributed by atoms with E-state index >= 15 is 0 Å². The number of nitrogens with one attached hydrogen (secondary N) is 1. The number of hydrogen-bond acceptors (Lipinski definition) is 10. The Bertz CT molecular complexity index is 458. The zero-order chi connectivity index (χ0) is 20.3. The summed E-state index contributed by atoms with van der Waals surface area (Å²) >= 11 is 0. The minimum absolute atomic E-state index is 0.0180. The zero-order valence-electron chi connectivity index (χ0n) is 15.1. The number of carboxylic acid groups (broad SMARTS) is 1. The molecular formula is C15H26N2O10. The molecule has 0 spiro atoms. The Hall–Kier alpha value is -2.44. The average molecular weight is 394 g/mol. The highest BCUT2D eigenvalue weighted by atomic mass is 17.5. The minimum Gasteiger partial charge on any atom is -0.466 e. The molecular weight excluding hydrogens is 368 g/mol. The Morgan fingerprint density at radius 3 is 2.56 bits per heavy atom. The number of ether oxygens (including phenoxy) is 2. The van der Waals surface area contributed by atoms with Gasteiger partial charge in [0, 0.05) is 19.4 Å². The van der Waals surface area contributed by atoms with Gasteiger partial charge in [0.05, 0.1) is 13.2 Å². The summed E-state index contributed by atoms with van der Waals surface area (Å²) in [6.07, 6.45) is 1.06. The molecule has 12 heteroatoms. The van der Waals surface area contributed by atoms with E-state index in [1.807, 2.05) is 5.32 Å². The van der Waals surface area contributed by atoms with E-state index in [1.165, 1.54) is 6.92 Å². The van der Waals surface area contributed by atoms with Gasteiger partial charge < -0.3 is 25.0 Å². The zero-order valence-corrected chi connectivity index (χ0v) is 15.1. The lowest BCUT2D eigenvalue weighted by Crippen LogP contribution is -2.24. The van der Waals surface area contributed by atoms with Gasteiger partial charge in [0.1, 0.15) is 6.67 Å². The van der Waals surface area contributed by atoms with Crippen LogP contribution in [0.5, 0.6) is 0 Å². The number of aliphatic imine (C=N–C) groups is 1. The standard InChI is InChI=1S/C15H26N2O10/c1-12(26-27-25-11-16-10-17-15(21)22)14(20)24-8-4-2-3-6-13(19)23-9-5-7-18/h11-12,17-18H,2-10H2,1H3,(H,21,22). The summed E-state index contributed by atoms with van der Waals surface area (Å²) in [6.45, 7) is 1.51. The normalized spacial score (nSPS) is 11.8. The van der Waals surface area contributed by atoms with Crippen molar-refractivity contribution in [3.8, 4) is 0 Å². The number of rotatable bonds is 16. The van der Waals surface area contributed by atoms with Gasteiger partial charge in [-0.25, -0.2) is 14.6 Å². The monoisotopic (exact) mass is 394 g/mol. The average Bonchev–Trinajstić information content (AvgIpc) is 2.63. The second kappa shape index (κ2) is 17.0. The van der Waals surface area contributed by atoms with Crippen LogP contribution in [0.15, 0.2) is 4.99 Å². The quantitative estimate of drug-likeness (QED) is 0.0840. The van der Waals surface area contributed by atoms with Crippen molar-refractivity contribution in [2.75, 3.05) is 26.5 Å². The van der Waals surface area contributed by atoms with Gasteiger partial charge >= 0.3 is 18.0 Å². The van der Waals surface area contributed by atoms with Gasteiger partial charge in [-0.05, 0) is 31.2 Å². The van der Waals surface area contributed by atoms with Gasteiger partial charge in [0.25, 0.3) is 0 Å². The van der Waals surface area contributed by atoms with Gasteiger partial charge in [-0.1, -0.05) is 0 Å². The molecule has 27 heavy (non-hydrogen) atoms. The fourth-order valence-electron chi connectivity index (χ4n) is 1.48. The highest BCUT2D eigenvalue weighted by molar-refractivity contribution is 5.74. The molecule has 0 aliphatic rings. The van der Waals surface area contributed by atoms with Crippen molar-refractivity contribution in [3.63, 3.8) is 0 Å². The topological polar surface area (TPSA) is 162 Å². The number of aliphatic hydroxyl groups is 1. The third-order valence-electron chi connectivity index (χ3n) is 2.83. The van der Waals surface area contributed by atoms with Crippen molar-refractivity contribution in [2.45, 2.75) is 45.1 Å². The predicted octanol–water partition coefficient (Wildman–Crippen LogP) is 0.537. The van der Waals surface area contributed by atoms with Crippen LogP contribution in [0, 0.1) is 0 Å². The molecule has 0 fully saturated rings. The molecule has 0 bridgehead atoms. The fourth-order valence-corrected chi connectivity index (χ4v) is 1.48. The molecule has 1 unspecified atom stereocenters. The molecule has 0 saturated heterocycles. The number of nitrogens with zero attached hydrogens (tertiary/aromatic N) is 1. The molecule has 0 heterocycles. The van der Waals surface area contributed by atoms with Crippen molar-refractivity contribution in [1.29, 1.82) is 0 Å². The fraction of sp³-hybridized carbons (Fsp3) is 0.733. The van der Waals surface area contributed by atoms with E-state index in [1.54, 1.807) is 0 Å². The first-order valence-electron chi connectivity index (χ1n) is 8.34. The Kier molecular flexibility index (Phi) is 15.5. The van der Waals surface area contributed by atoms with Crippen molar-refractivity contribution >= 4 is 24.4 Å². The number of aliphatic hydroxyl groups excluding tert-OH is 1. The Morgan fingerprint density at radius 1 is 1.11 bits per heavy atom. The summed E-state index contributed by atoms with van der Waals surface area (Å²) in [5, 5.41) is 23.0. The highest BCUT2D eigenvalue weighted by Gasteiger charge is 2.16. The molecule has 1 atom stereocenters. The number of esters is 2.